The highest BCUT2D eigenvalue weighted by Crippen LogP contribution is 2.28. The SMILES string of the molecule is CC(NCC1CC1)c1ccc(C#N)cc1F. The van der Waals surface area contributed by atoms with E-state index in [4.69, 9.17) is 5.26 Å². The second-order valence-electron chi connectivity index (χ2n) is 4.42. The van der Waals surface area contributed by atoms with Crippen molar-refractivity contribution >= 4 is 0 Å². The molecule has 1 fully saturated rings. The van der Waals surface area contributed by atoms with Crippen molar-refractivity contribution in [3.05, 3.63) is 35.1 Å². The third-order valence-corrected chi connectivity index (χ3v) is 3.01. The van der Waals surface area contributed by atoms with E-state index in [-0.39, 0.29) is 11.9 Å². The average molecular weight is 218 g/mol. The summed E-state index contributed by atoms with van der Waals surface area (Å²) in [5.74, 6) is 0.485. The summed E-state index contributed by atoms with van der Waals surface area (Å²) >= 11 is 0. The van der Waals surface area contributed by atoms with E-state index in [0.717, 1.165) is 12.5 Å². The number of benzene rings is 1. The highest BCUT2D eigenvalue weighted by atomic mass is 19.1. The van der Waals surface area contributed by atoms with Crippen LogP contribution in [0.2, 0.25) is 0 Å². The zero-order chi connectivity index (χ0) is 11.5. The Labute approximate surface area is 95.1 Å². The summed E-state index contributed by atoms with van der Waals surface area (Å²) < 4.78 is 13.6. The number of hydrogen-bond acceptors (Lipinski definition) is 2. The van der Waals surface area contributed by atoms with Gasteiger partial charge in [-0.1, -0.05) is 6.07 Å². The lowest BCUT2D eigenvalue weighted by atomic mass is 10.1. The van der Waals surface area contributed by atoms with Gasteiger partial charge in [0.1, 0.15) is 5.82 Å². The zero-order valence-electron chi connectivity index (χ0n) is 9.33. The Bertz CT molecular complexity index is 418. The molecule has 1 atom stereocenters. The van der Waals surface area contributed by atoms with E-state index in [1.807, 2.05) is 13.0 Å². The Morgan fingerprint density at radius 3 is 2.88 bits per heavy atom. The van der Waals surface area contributed by atoms with E-state index >= 15 is 0 Å². The van der Waals surface area contributed by atoms with Crippen molar-refractivity contribution in [2.45, 2.75) is 25.8 Å². The molecule has 1 saturated carbocycles. The van der Waals surface area contributed by atoms with E-state index in [2.05, 4.69) is 5.32 Å². The fourth-order valence-electron chi connectivity index (χ4n) is 1.72. The molecule has 84 valence electrons. The van der Waals surface area contributed by atoms with Crippen LogP contribution in [0.15, 0.2) is 18.2 Å². The molecule has 1 unspecified atom stereocenters. The van der Waals surface area contributed by atoms with Crippen LogP contribution in [0, 0.1) is 23.1 Å². The molecule has 0 heterocycles. The number of halogens is 1. The van der Waals surface area contributed by atoms with Crippen molar-refractivity contribution < 1.29 is 4.39 Å². The van der Waals surface area contributed by atoms with Gasteiger partial charge >= 0.3 is 0 Å². The summed E-state index contributed by atoms with van der Waals surface area (Å²) in [6.45, 7) is 2.91. The molecule has 0 amide bonds. The van der Waals surface area contributed by atoms with Crippen LogP contribution in [0.3, 0.4) is 0 Å². The maximum atomic E-state index is 13.6. The lowest BCUT2D eigenvalue weighted by Gasteiger charge is -2.14. The molecular formula is C13H15FN2. The van der Waals surface area contributed by atoms with Gasteiger partial charge in [-0.05, 0) is 44.4 Å². The molecule has 0 aliphatic heterocycles. The molecule has 0 bridgehead atoms. The monoisotopic (exact) mass is 218 g/mol. The van der Waals surface area contributed by atoms with Crippen LogP contribution in [-0.2, 0) is 0 Å². The lowest BCUT2D eigenvalue weighted by molar-refractivity contribution is 0.515. The van der Waals surface area contributed by atoms with Gasteiger partial charge in [0.2, 0.25) is 0 Å². The molecule has 0 spiro atoms. The van der Waals surface area contributed by atoms with Crippen LogP contribution in [0.5, 0.6) is 0 Å². The predicted octanol–water partition coefficient (Wildman–Crippen LogP) is 2.76. The molecule has 3 heteroatoms. The molecular weight excluding hydrogens is 203 g/mol. The normalized spacial score (nSPS) is 16.8. The number of nitrogens with one attached hydrogen (secondary N) is 1. The maximum absolute atomic E-state index is 13.6. The van der Waals surface area contributed by atoms with Gasteiger partial charge in [-0.2, -0.15) is 5.26 Å². The van der Waals surface area contributed by atoms with Crippen LogP contribution in [0.25, 0.3) is 0 Å². The quantitative estimate of drug-likeness (QED) is 0.843. The number of nitriles is 1. The molecule has 0 aromatic heterocycles. The summed E-state index contributed by atoms with van der Waals surface area (Å²) in [5, 5.41) is 12.0. The minimum absolute atomic E-state index is 0.00772. The van der Waals surface area contributed by atoms with Gasteiger partial charge in [0, 0.05) is 11.6 Å². The first-order valence-corrected chi connectivity index (χ1v) is 5.63. The molecule has 0 saturated heterocycles. The number of hydrogen-bond donors (Lipinski definition) is 1. The smallest absolute Gasteiger partial charge is 0.129 e. The van der Waals surface area contributed by atoms with Gasteiger partial charge in [0.05, 0.1) is 11.6 Å². The minimum Gasteiger partial charge on any atom is -0.310 e. The van der Waals surface area contributed by atoms with Crippen LogP contribution < -0.4 is 5.32 Å². The molecule has 0 radical (unpaired) electrons. The highest BCUT2D eigenvalue weighted by Gasteiger charge is 2.22. The molecule has 1 aromatic rings. The second kappa shape index (κ2) is 4.63. The van der Waals surface area contributed by atoms with Crippen molar-refractivity contribution in [1.29, 1.82) is 5.26 Å². The summed E-state index contributed by atoms with van der Waals surface area (Å²) in [6.07, 6.45) is 2.57. The van der Waals surface area contributed by atoms with E-state index < -0.39 is 0 Å². The number of rotatable bonds is 4. The lowest BCUT2D eigenvalue weighted by Crippen LogP contribution is -2.21. The van der Waals surface area contributed by atoms with Crippen molar-refractivity contribution in [1.82, 2.24) is 5.32 Å². The van der Waals surface area contributed by atoms with Crippen LogP contribution in [0.1, 0.15) is 36.9 Å². The minimum atomic E-state index is -0.296. The fraction of sp³-hybridized carbons (Fsp3) is 0.462. The van der Waals surface area contributed by atoms with Crippen LogP contribution in [-0.4, -0.2) is 6.54 Å². The first-order valence-electron chi connectivity index (χ1n) is 5.63. The van der Waals surface area contributed by atoms with E-state index in [9.17, 15) is 4.39 Å². The van der Waals surface area contributed by atoms with Gasteiger partial charge in [-0.25, -0.2) is 4.39 Å². The first-order chi connectivity index (χ1) is 7.70. The Kier molecular flexibility index (Phi) is 3.21. The summed E-state index contributed by atoms with van der Waals surface area (Å²) in [4.78, 5) is 0. The van der Waals surface area contributed by atoms with Gasteiger partial charge in [0.15, 0.2) is 0 Å². The van der Waals surface area contributed by atoms with Crippen LogP contribution >= 0.6 is 0 Å². The predicted molar refractivity (Wildman–Crippen MR) is 60.3 cm³/mol. The third kappa shape index (κ3) is 2.59. The Hall–Kier alpha value is -1.40. The molecule has 16 heavy (non-hydrogen) atoms. The highest BCUT2D eigenvalue weighted by molar-refractivity contribution is 5.34. The van der Waals surface area contributed by atoms with Gasteiger partial charge in [-0.15, -0.1) is 0 Å². The van der Waals surface area contributed by atoms with Crippen LogP contribution in [0.4, 0.5) is 4.39 Å². The topological polar surface area (TPSA) is 35.8 Å². The van der Waals surface area contributed by atoms with Crippen molar-refractivity contribution in [3.8, 4) is 6.07 Å². The van der Waals surface area contributed by atoms with E-state index in [1.165, 1.54) is 18.9 Å². The zero-order valence-corrected chi connectivity index (χ0v) is 9.33. The second-order valence-corrected chi connectivity index (χ2v) is 4.42. The average Bonchev–Trinajstić information content (AvgIpc) is 3.09. The van der Waals surface area contributed by atoms with E-state index in [1.54, 1.807) is 12.1 Å². The first kappa shape index (κ1) is 11.1. The summed E-state index contributed by atoms with van der Waals surface area (Å²) in [6, 6.07) is 6.59. The van der Waals surface area contributed by atoms with E-state index in [0.29, 0.717) is 11.1 Å². The Balaban J connectivity index is 2.03. The number of nitrogens with zero attached hydrogens (tertiary/aromatic N) is 1. The third-order valence-electron chi connectivity index (χ3n) is 3.01. The maximum Gasteiger partial charge on any atom is 0.129 e. The Morgan fingerprint density at radius 1 is 1.56 bits per heavy atom. The Morgan fingerprint density at radius 2 is 2.31 bits per heavy atom. The summed E-state index contributed by atoms with van der Waals surface area (Å²) in [5.41, 5.74) is 1.01. The van der Waals surface area contributed by atoms with Crippen molar-refractivity contribution in [3.63, 3.8) is 0 Å². The van der Waals surface area contributed by atoms with Crippen molar-refractivity contribution in [2.24, 2.45) is 5.92 Å². The molecule has 1 aliphatic rings. The molecule has 1 aliphatic carbocycles. The van der Waals surface area contributed by atoms with Gasteiger partial charge < -0.3 is 5.32 Å². The molecule has 1 N–H and O–H groups in total. The van der Waals surface area contributed by atoms with Crippen molar-refractivity contribution in [2.75, 3.05) is 6.54 Å². The molecule has 2 rings (SSSR count). The molecule has 2 nitrogen and oxygen atoms in total. The standard InChI is InChI=1S/C13H15FN2/c1-9(16-8-10-2-3-10)12-5-4-11(7-15)6-13(12)14/h4-6,9-10,16H,2-3,8H2,1H3. The van der Waals surface area contributed by atoms with Gasteiger partial charge in [-0.3, -0.25) is 0 Å². The fourth-order valence-corrected chi connectivity index (χ4v) is 1.72. The largest absolute Gasteiger partial charge is 0.310 e. The summed E-state index contributed by atoms with van der Waals surface area (Å²) in [7, 11) is 0. The van der Waals surface area contributed by atoms with Gasteiger partial charge in [0.25, 0.3) is 0 Å². The molecule has 1 aromatic carbocycles.